The molecule has 0 radical (unpaired) electrons. The van der Waals surface area contributed by atoms with E-state index in [1.165, 1.54) is 0 Å². The highest BCUT2D eigenvalue weighted by molar-refractivity contribution is 7.09. The molecule has 3 fully saturated rings. The molecule has 0 N–H and O–H groups in total. The summed E-state index contributed by atoms with van der Waals surface area (Å²) in [5, 5.41) is 3.08. The Balaban J connectivity index is 1.31. The van der Waals surface area contributed by atoms with Gasteiger partial charge in [-0.3, -0.25) is 14.5 Å². The van der Waals surface area contributed by atoms with Crippen LogP contribution < -0.4 is 0 Å². The van der Waals surface area contributed by atoms with Crippen molar-refractivity contribution in [2.45, 2.75) is 26.3 Å². The normalized spacial score (nSPS) is 27.3. The van der Waals surface area contributed by atoms with E-state index in [2.05, 4.69) is 9.88 Å². The van der Waals surface area contributed by atoms with Gasteiger partial charge in [0, 0.05) is 44.0 Å². The predicted octanol–water partition coefficient (Wildman–Crippen LogP) is 0.964. The number of amides is 2. The van der Waals surface area contributed by atoms with Crippen molar-refractivity contribution >= 4 is 23.2 Å². The summed E-state index contributed by atoms with van der Waals surface area (Å²) in [4.78, 5) is 35.5. The Morgan fingerprint density at radius 2 is 2.08 bits per heavy atom. The molecule has 2 amide bonds. The number of aromatic nitrogens is 1. The van der Waals surface area contributed by atoms with Crippen LogP contribution in [-0.2, 0) is 16.1 Å². The Hall–Kier alpha value is -1.47. The van der Waals surface area contributed by atoms with Crippen LogP contribution >= 0.6 is 11.3 Å². The van der Waals surface area contributed by atoms with E-state index in [9.17, 15) is 9.59 Å². The number of hydrogen-bond acceptors (Lipinski definition) is 5. The van der Waals surface area contributed by atoms with Gasteiger partial charge in [-0.15, -0.1) is 11.3 Å². The molecule has 2 atom stereocenters. The van der Waals surface area contributed by atoms with Crippen molar-refractivity contribution in [3.63, 3.8) is 0 Å². The minimum Gasteiger partial charge on any atom is -0.342 e. The summed E-state index contributed by atoms with van der Waals surface area (Å²) >= 11 is 1.63. The second-order valence-corrected chi connectivity index (χ2v) is 8.29. The number of thiazole rings is 1. The number of fused-ring (bicyclic) bond motifs is 1. The third-order valence-electron chi connectivity index (χ3n) is 5.44. The Bertz CT molecular complexity index is 640. The maximum atomic E-state index is 12.7. The number of aryl methyl sites for hydroxylation is 1. The van der Waals surface area contributed by atoms with Gasteiger partial charge in [0.2, 0.25) is 11.8 Å². The van der Waals surface area contributed by atoms with E-state index >= 15 is 0 Å². The molecule has 0 unspecified atom stereocenters. The summed E-state index contributed by atoms with van der Waals surface area (Å²) in [6.07, 6.45) is 2.25. The molecule has 1 aromatic heterocycles. The molecule has 0 spiro atoms. The van der Waals surface area contributed by atoms with Gasteiger partial charge in [-0.2, -0.15) is 0 Å². The fourth-order valence-corrected chi connectivity index (χ4v) is 4.84. The molecule has 7 heteroatoms. The molecule has 0 saturated carbocycles. The Labute approximate surface area is 146 Å². The Morgan fingerprint density at radius 3 is 2.75 bits per heavy atom. The van der Waals surface area contributed by atoms with Gasteiger partial charge in [-0.25, -0.2) is 4.98 Å². The van der Waals surface area contributed by atoms with Gasteiger partial charge in [0.1, 0.15) is 0 Å². The van der Waals surface area contributed by atoms with Crippen molar-refractivity contribution in [2.24, 2.45) is 11.8 Å². The van der Waals surface area contributed by atoms with Crippen molar-refractivity contribution in [2.75, 3.05) is 39.3 Å². The SMILES string of the molecule is Cc1nc(CN2C[C@@H]3CN(CC(=O)N4CCCC4)C[C@@H]3C2=O)cs1. The number of likely N-dealkylation sites (tertiary alicyclic amines) is 3. The molecule has 6 nitrogen and oxygen atoms in total. The minimum absolute atomic E-state index is 0.0658. The lowest BCUT2D eigenvalue weighted by Gasteiger charge is -2.23. The zero-order valence-corrected chi connectivity index (χ0v) is 14.9. The average molecular weight is 348 g/mol. The van der Waals surface area contributed by atoms with Gasteiger partial charge >= 0.3 is 0 Å². The summed E-state index contributed by atoms with van der Waals surface area (Å²) in [5.74, 6) is 0.899. The van der Waals surface area contributed by atoms with Crippen LogP contribution in [0.2, 0.25) is 0 Å². The van der Waals surface area contributed by atoms with E-state index in [1.807, 2.05) is 22.1 Å². The summed E-state index contributed by atoms with van der Waals surface area (Å²) in [7, 11) is 0. The molecule has 3 aliphatic rings. The van der Waals surface area contributed by atoms with Crippen LogP contribution in [0.25, 0.3) is 0 Å². The van der Waals surface area contributed by atoms with Crippen LogP contribution in [0, 0.1) is 18.8 Å². The number of carbonyl (C=O) groups excluding carboxylic acids is 2. The van der Waals surface area contributed by atoms with Crippen molar-refractivity contribution in [1.82, 2.24) is 19.7 Å². The summed E-state index contributed by atoms with van der Waals surface area (Å²) < 4.78 is 0. The molecule has 0 aliphatic carbocycles. The van der Waals surface area contributed by atoms with E-state index in [0.717, 1.165) is 56.3 Å². The largest absolute Gasteiger partial charge is 0.342 e. The van der Waals surface area contributed by atoms with Gasteiger partial charge in [0.05, 0.1) is 29.7 Å². The van der Waals surface area contributed by atoms with Crippen LogP contribution in [0.15, 0.2) is 5.38 Å². The van der Waals surface area contributed by atoms with Gasteiger partial charge in [-0.1, -0.05) is 0 Å². The third-order valence-corrected chi connectivity index (χ3v) is 6.26. The fourth-order valence-electron chi connectivity index (χ4n) is 4.24. The summed E-state index contributed by atoms with van der Waals surface area (Å²) in [6.45, 7) is 7.30. The maximum absolute atomic E-state index is 12.7. The molecule has 4 rings (SSSR count). The average Bonchev–Trinajstić information content (AvgIpc) is 3.29. The van der Waals surface area contributed by atoms with Gasteiger partial charge < -0.3 is 9.80 Å². The van der Waals surface area contributed by atoms with Crippen LogP contribution in [0.1, 0.15) is 23.5 Å². The van der Waals surface area contributed by atoms with E-state index in [1.54, 1.807) is 11.3 Å². The first-order valence-electron chi connectivity index (χ1n) is 8.80. The molecule has 130 valence electrons. The second-order valence-electron chi connectivity index (χ2n) is 7.23. The third kappa shape index (κ3) is 3.07. The van der Waals surface area contributed by atoms with Crippen molar-refractivity contribution in [3.05, 3.63) is 16.1 Å². The van der Waals surface area contributed by atoms with Gasteiger partial charge in [0.25, 0.3) is 0 Å². The first-order chi connectivity index (χ1) is 11.6. The zero-order chi connectivity index (χ0) is 16.7. The highest BCUT2D eigenvalue weighted by Gasteiger charge is 2.46. The predicted molar refractivity (Wildman–Crippen MR) is 91.5 cm³/mol. The molecule has 0 bridgehead atoms. The lowest BCUT2D eigenvalue weighted by Crippen LogP contribution is -2.40. The standard InChI is InChI=1S/C17H24N4O2S/c1-12-18-14(11-24-12)8-21-7-13-6-19(9-15(13)17(21)23)10-16(22)20-4-2-3-5-20/h11,13,15H,2-10H2,1H3/t13-,15-/m0/s1. The molecule has 24 heavy (non-hydrogen) atoms. The highest BCUT2D eigenvalue weighted by atomic mass is 32.1. The van der Waals surface area contributed by atoms with E-state index in [4.69, 9.17) is 0 Å². The molecular formula is C17H24N4O2S. The van der Waals surface area contributed by atoms with Gasteiger partial charge in [-0.05, 0) is 19.8 Å². The quantitative estimate of drug-likeness (QED) is 0.813. The monoisotopic (exact) mass is 348 g/mol. The number of nitrogens with zero attached hydrogens (tertiary/aromatic N) is 4. The minimum atomic E-state index is 0.0658. The van der Waals surface area contributed by atoms with Crippen LogP contribution in [0.4, 0.5) is 0 Å². The van der Waals surface area contributed by atoms with E-state index in [-0.39, 0.29) is 17.7 Å². The fraction of sp³-hybridized carbons (Fsp3) is 0.706. The summed E-state index contributed by atoms with van der Waals surface area (Å²) in [6, 6.07) is 0. The van der Waals surface area contributed by atoms with Crippen molar-refractivity contribution in [3.8, 4) is 0 Å². The molecule has 3 aliphatic heterocycles. The van der Waals surface area contributed by atoms with Crippen LogP contribution in [-0.4, -0.2) is 70.8 Å². The van der Waals surface area contributed by atoms with Crippen molar-refractivity contribution in [1.29, 1.82) is 0 Å². The highest BCUT2D eigenvalue weighted by Crippen LogP contribution is 2.33. The molecule has 3 saturated heterocycles. The lowest BCUT2D eigenvalue weighted by atomic mass is 10.0. The second kappa shape index (κ2) is 6.44. The zero-order valence-electron chi connectivity index (χ0n) is 14.1. The van der Waals surface area contributed by atoms with Crippen LogP contribution in [0.5, 0.6) is 0 Å². The Morgan fingerprint density at radius 1 is 1.29 bits per heavy atom. The molecule has 4 heterocycles. The van der Waals surface area contributed by atoms with E-state index in [0.29, 0.717) is 19.0 Å². The van der Waals surface area contributed by atoms with Gasteiger partial charge in [0.15, 0.2) is 0 Å². The number of rotatable bonds is 4. The van der Waals surface area contributed by atoms with E-state index < -0.39 is 0 Å². The topological polar surface area (TPSA) is 56.8 Å². The maximum Gasteiger partial charge on any atom is 0.236 e. The first-order valence-corrected chi connectivity index (χ1v) is 9.68. The Kier molecular flexibility index (Phi) is 4.30. The summed E-state index contributed by atoms with van der Waals surface area (Å²) in [5.41, 5.74) is 0.992. The smallest absolute Gasteiger partial charge is 0.236 e. The lowest BCUT2D eigenvalue weighted by molar-refractivity contribution is -0.133. The number of carbonyl (C=O) groups is 2. The molecular weight excluding hydrogens is 324 g/mol. The first kappa shape index (κ1) is 16.0. The van der Waals surface area contributed by atoms with Crippen molar-refractivity contribution < 1.29 is 9.59 Å². The molecule has 1 aromatic rings. The van der Waals surface area contributed by atoms with Crippen LogP contribution in [0.3, 0.4) is 0 Å². The molecule has 0 aromatic carbocycles. The number of hydrogen-bond donors (Lipinski definition) is 0.